The van der Waals surface area contributed by atoms with Crippen LogP contribution in [0.2, 0.25) is 0 Å². The van der Waals surface area contributed by atoms with Crippen LogP contribution in [0.1, 0.15) is 37.5 Å². The van der Waals surface area contributed by atoms with Crippen molar-refractivity contribution < 1.29 is 19.1 Å². The first-order valence-electron chi connectivity index (χ1n) is 9.61. The molecule has 5 nitrogen and oxygen atoms in total. The van der Waals surface area contributed by atoms with Gasteiger partial charge in [-0.3, -0.25) is 14.5 Å². The Bertz CT molecular complexity index is 952. The Balaban J connectivity index is 1.80. The molecule has 0 saturated carbocycles. The summed E-state index contributed by atoms with van der Waals surface area (Å²) in [5.41, 5.74) is 3.05. The third-order valence-electron chi connectivity index (χ3n) is 4.38. The van der Waals surface area contributed by atoms with E-state index >= 15 is 0 Å². The van der Waals surface area contributed by atoms with Gasteiger partial charge in [-0.05, 0) is 68.8 Å². The van der Waals surface area contributed by atoms with Gasteiger partial charge in [0.15, 0.2) is 11.5 Å². The fraction of sp³-hybridized carbons (Fsp3) is 0.304. The molecule has 2 aromatic rings. The lowest BCUT2D eigenvalue weighted by Crippen LogP contribution is -2.34. The van der Waals surface area contributed by atoms with E-state index in [0.717, 1.165) is 22.9 Å². The zero-order chi connectivity index (χ0) is 21.0. The molecule has 29 heavy (non-hydrogen) atoms. The number of carbonyl (C=O) groups excluding carboxylic acids is 2. The van der Waals surface area contributed by atoms with E-state index in [1.807, 2.05) is 64.1 Å². The number of aryl methyl sites for hydroxylation is 1. The second-order valence-electron chi connectivity index (χ2n) is 7.06. The molecule has 0 atom stereocenters. The van der Waals surface area contributed by atoms with Crippen LogP contribution in [0.5, 0.6) is 11.5 Å². The third kappa shape index (κ3) is 5.01. The van der Waals surface area contributed by atoms with E-state index in [1.54, 1.807) is 6.08 Å². The van der Waals surface area contributed by atoms with Crippen LogP contribution >= 0.6 is 11.8 Å². The summed E-state index contributed by atoms with van der Waals surface area (Å²) >= 11 is 0.964. The van der Waals surface area contributed by atoms with Crippen LogP contribution < -0.4 is 9.47 Å². The molecule has 1 aliphatic rings. The molecule has 0 radical (unpaired) electrons. The summed E-state index contributed by atoms with van der Waals surface area (Å²) < 4.78 is 11.7. The molecule has 1 saturated heterocycles. The number of hydrogen-bond acceptors (Lipinski definition) is 5. The minimum atomic E-state index is -0.257. The second-order valence-corrected chi connectivity index (χ2v) is 8.06. The summed E-state index contributed by atoms with van der Waals surface area (Å²) in [7, 11) is 0. The van der Waals surface area contributed by atoms with Gasteiger partial charge in [-0.25, -0.2) is 0 Å². The second kappa shape index (κ2) is 9.18. The van der Waals surface area contributed by atoms with E-state index in [-0.39, 0.29) is 17.2 Å². The molecule has 0 bridgehead atoms. The summed E-state index contributed by atoms with van der Waals surface area (Å²) in [6.07, 6.45) is 1.72. The number of nitrogens with zero attached hydrogens (tertiary/aromatic N) is 1. The van der Waals surface area contributed by atoms with Crippen molar-refractivity contribution in [2.24, 2.45) is 0 Å². The lowest BCUT2D eigenvalue weighted by molar-refractivity contribution is -0.123. The number of hydrogen-bond donors (Lipinski definition) is 0. The maximum Gasteiger partial charge on any atom is 0.293 e. The minimum Gasteiger partial charge on any atom is -0.490 e. The van der Waals surface area contributed by atoms with E-state index in [0.29, 0.717) is 29.6 Å². The van der Waals surface area contributed by atoms with Gasteiger partial charge in [-0.1, -0.05) is 35.9 Å². The summed E-state index contributed by atoms with van der Waals surface area (Å²) in [4.78, 5) is 26.3. The monoisotopic (exact) mass is 411 g/mol. The summed E-state index contributed by atoms with van der Waals surface area (Å²) in [5.74, 6) is 0.991. The molecular weight excluding hydrogens is 386 g/mol. The smallest absolute Gasteiger partial charge is 0.293 e. The summed E-state index contributed by atoms with van der Waals surface area (Å²) in [6.45, 7) is 8.54. The molecule has 0 aliphatic carbocycles. The SMILES string of the molecule is CCOc1cc(/C=C2/SC(=O)N(C(C)C)C2=O)ccc1OCc1cccc(C)c1. The maximum atomic E-state index is 12.5. The quantitative estimate of drug-likeness (QED) is 0.570. The van der Waals surface area contributed by atoms with Gasteiger partial charge in [-0.15, -0.1) is 0 Å². The number of carbonyl (C=O) groups is 2. The van der Waals surface area contributed by atoms with Gasteiger partial charge in [0.05, 0.1) is 11.5 Å². The van der Waals surface area contributed by atoms with Crippen LogP contribution in [0, 0.1) is 6.92 Å². The Morgan fingerprint density at radius 3 is 2.52 bits per heavy atom. The predicted octanol–water partition coefficient (Wildman–Crippen LogP) is 5.42. The first-order valence-corrected chi connectivity index (χ1v) is 10.4. The Labute approximate surface area is 175 Å². The first kappa shape index (κ1) is 21.0. The fourth-order valence-electron chi connectivity index (χ4n) is 3.04. The van der Waals surface area contributed by atoms with Crippen molar-refractivity contribution in [2.75, 3.05) is 6.61 Å². The highest BCUT2D eigenvalue weighted by molar-refractivity contribution is 8.18. The maximum absolute atomic E-state index is 12.5. The minimum absolute atomic E-state index is 0.162. The van der Waals surface area contributed by atoms with Gasteiger partial charge < -0.3 is 9.47 Å². The molecule has 3 rings (SSSR count). The van der Waals surface area contributed by atoms with Gasteiger partial charge in [0.1, 0.15) is 6.61 Å². The van der Waals surface area contributed by atoms with Gasteiger partial charge in [-0.2, -0.15) is 0 Å². The molecule has 1 aliphatic heterocycles. The van der Waals surface area contributed by atoms with Gasteiger partial charge in [0, 0.05) is 6.04 Å². The van der Waals surface area contributed by atoms with Crippen molar-refractivity contribution in [1.82, 2.24) is 4.90 Å². The molecule has 1 heterocycles. The van der Waals surface area contributed by atoms with Gasteiger partial charge in [0.2, 0.25) is 0 Å². The summed E-state index contributed by atoms with van der Waals surface area (Å²) in [6, 6.07) is 13.5. The molecule has 0 spiro atoms. The molecule has 0 aromatic heterocycles. The van der Waals surface area contributed by atoms with Gasteiger partial charge in [0.25, 0.3) is 11.1 Å². The number of ether oxygens (including phenoxy) is 2. The van der Waals surface area contributed by atoms with Crippen LogP contribution in [0.15, 0.2) is 47.4 Å². The highest BCUT2D eigenvalue weighted by Gasteiger charge is 2.36. The molecule has 0 unspecified atom stereocenters. The average molecular weight is 412 g/mol. The first-order chi connectivity index (χ1) is 13.9. The van der Waals surface area contributed by atoms with Crippen LogP contribution in [0.4, 0.5) is 4.79 Å². The summed E-state index contributed by atoms with van der Waals surface area (Å²) in [5, 5.41) is -0.237. The fourth-order valence-corrected chi connectivity index (χ4v) is 4.00. The molecule has 152 valence electrons. The van der Waals surface area contributed by atoms with Crippen LogP contribution in [0.3, 0.4) is 0 Å². The Morgan fingerprint density at radius 1 is 1.07 bits per heavy atom. The van der Waals surface area contributed by atoms with Crippen molar-refractivity contribution in [3.05, 3.63) is 64.1 Å². The molecule has 2 amide bonds. The van der Waals surface area contributed by atoms with Crippen molar-refractivity contribution in [2.45, 2.75) is 40.3 Å². The van der Waals surface area contributed by atoms with Crippen molar-refractivity contribution in [3.63, 3.8) is 0 Å². The average Bonchev–Trinajstić information content (AvgIpc) is 2.95. The van der Waals surface area contributed by atoms with Crippen molar-refractivity contribution in [1.29, 1.82) is 0 Å². The number of benzene rings is 2. The van der Waals surface area contributed by atoms with Crippen LogP contribution in [0.25, 0.3) is 6.08 Å². The van der Waals surface area contributed by atoms with E-state index in [2.05, 4.69) is 6.07 Å². The Morgan fingerprint density at radius 2 is 1.86 bits per heavy atom. The van der Waals surface area contributed by atoms with E-state index in [9.17, 15) is 9.59 Å². The highest BCUT2D eigenvalue weighted by atomic mass is 32.2. The zero-order valence-corrected chi connectivity index (χ0v) is 17.9. The molecular formula is C23H25NO4S. The van der Waals surface area contributed by atoms with Crippen molar-refractivity contribution in [3.8, 4) is 11.5 Å². The lowest BCUT2D eigenvalue weighted by atomic mass is 10.1. The standard InChI is InChI=1S/C23H25NO4S/c1-5-27-20-12-17(13-21-22(25)24(15(2)3)23(26)29-21)9-10-19(20)28-14-18-8-6-7-16(4)11-18/h6-13,15H,5,14H2,1-4H3/b21-13+. The zero-order valence-electron chi connectivity index (χ0n) is 17.1. The number of imide groups is 1. The normalized spacial score (nSPS) is 15.5. The molecule has 0 N–H and O–H groups in total. The molecule has 6 heteroatoms. The molecule has 1 fully saturated rings. The number of amides is 2. The van der Waals surface area contributed by atoms with Crippen LogP contribution in [-0.4, -0.2) is 28.7 Å². The van der Waals surface area contributed by atoms with E-state index < -0.39 is 0 Å². The number of rotatable bonds is 7. The Hall–Kier alpha value is -2.73. The third-order valence-corrected chi connectivity index (χ3v) is 5.27. The van der Waals surface area contributed by atoms with E-state index in [1.165, 1.54) is 10.5 Å². The van der Waals surface area contributed by atoms with E-state index in [4.69, 9.17) is 9.47 Å². The number of thioether (sulfide) groups is 1. The topological polar surface area (TPSA) is 55.8 Å². The predicted molar refractivity (Wildman–Crippen MR) is 116 cm³/mol. The lowest BCUT2D eigenvalue weighted by Gasteiger charge is -2.16. The largest absolute Gasteiger partial charge is 0.490 e. The van der Waals surface area contributed by atoms with Crippen LogP contribution in [-0.2, 0) is 11.4 Å². The Kier molecular flexibility index (Phi) is 6.64. The van der Waals surface area contributed by atoms with Crippen molar-refractivity contribution >= 4 is 29.0 Å². The van der Waals surface area contributed by atoms with Gasteiger partial charge >= 0.3 is 0 Å². The molecule has 2 aromatic carbocycles. The highest BCUT2D eigenvalue weighted by Crippen LogP contribution is 2.35.